The summed E-state index contributed by atoms with van der Waals surface area (Å²) in [7, 11) is 0. The van der Waals surface area contributed by atoms with Gasteiger partial charge in [-0.15, -0.1) is 0 Å². The van der Waals surface area contributed by atoms with Crippen LogP contribution < -0.4 is 0 Å². The van der Waals surface area contributed by atoms with Gasteiger partial charge in [-0.3, -0.25) is 4.90 Å². The zero-order valence-electron chi connectivity index (χ0n) is 13.9. The van der Waals surface area contributed by atoms with Crippen molar-refractivity contribution in [2.24, 2.45) is 0 Å². The number of aromatic nitrogens is 2. The Bertz CT molecular complexity index is 800. The monoisotopic (exact) mass is 397 g/mol. The quantitative estimate of drug-likeness (QED) is 0.660. The molecule has 1 aromatic heterocycles. The van der Waals surface area contributed by atoms with Gasteiger partial charge < -0.3 is 9.30 Å². The second-order valence-corrected chi connectivity index (χ2v) is 7.20. The minimum Gasteiger partial charge on any atom is -0.371 e. The largest absolute Gasteiger partial charge is 0.371 e. The Balaban J connectivity index is 1.41. The van der Waals surface area contributed by atoms with Crippen LogP contribution in [0.15, 0.2) is 71.7 Å². The van der Waals surface area contributed by atoms with E-state index < -0.39 is 0 Å². The molecule has 5 heteroatoms. The minimum atomic E-state index is 0.145. The standard InChI is InChI=1S/C20H20BrN3O/c21-18-5-3-17(4-6-18)20-14-23(11-12-25-20)13-16-1-7-19(8-2-16)24-10-9-22-15-24/h1-10,15,20H,11-14H2. The molecular weight excluding hydrogens is 378 g/mol. The molecule has 4 rings (SSSR count). The SMILES string of the molecule is Brc1ccc(C2CN(Cc3ccc(-n4ccnc4)cc3)CCO2)cc1. The van der Waals surface area contributed by atoms with Crippen LogP contribution in [0.2, 0.25) is 0 Å². The average molecular weight is 398 g/mol. The third-order valence-corrected chi connectivity index (χ3v) is 5.07. The van der Waals surface area contributed by atoms with Crippen molar-refractivity contribution in [3.05, 3.63) is 82.9 Å². The Morgan fingerprint density at radius 2 is 1.88 bits per heavy atom. The van der Waals surface area contributed by atoms with E-state index in [-0.39, 0.29) is 6.10 Å². The third kappa shape index (κ3) is 4.00. The summed E-state index contributed by atoms with van der Waals surface area (Å²) in [5.41, 5.74) is 3.69. The van der Waals surface area contributed by atoms with Crippen LogP contribution in [0.1, 0.15) is 17.2 Å². The van der Waals surface area contributed by atoms with E-state index in [1.807, 2.05) is 17.1 Å². The Morgan fingerprint density at radius 1 is 1.08 bits per heavy atom. The highest BCUT2D eigenvalue weighted by atomic mass is 79.9. The van der Waals surface area contributed by atoms with Gasteiger partial charge in [0.05, 0.1) is 19.0 Å². The molecule has 128 valence electrons. The number of halogens is 1. The molecule has 1 fully saturated rings. The van der Waals surface area contributed by atoms with E-state index in [0.29, 0.717) is 0 Å². The van der Waals surface area contributed by atoms with Crippen molar-refractivity contribution in [1.29, 1.82) is 0 Å². The van der Waals surface area contributed by atoms with Crippen LogP contribution in [-0.2, 0) is 11.3 Å². The molecule has 1 atom stereocenters. The highest BCUT2D eigenvalue weighted by molar-refractivity contribution is 9.10. The van der Waals surface area contributed by atoms with Gasteiger partial charge in [-0.25, -0.2) is 4.98 Å². The van der Waals surface area contributed by atoms with Crippen molar-refractivity contribution >= 4 is 15.9 Å². The molecule has 1 aliphatic rings. The van der Waals surface area contributed by atoms with Gasteiger partial charge in [0.2, 0.25) is 0 Å². The highest BCUT2D eigenvalue weighted by Crippen LogP contribution is 2.25. The number of morpholine rings is 1. The first kappa shape index (κ1) is 16.5. The molecule has 0 N–H and O–H groups in total. The lowest BCUT2D eigenvalue weighted by Gasteiger charge is -2.33. The number of benzene rings is 2. The topological polar surface area (TPSA) is 30.3 Å². The molecule has 1 saturated heterocycles. The lowest BCUT2D eigenvalue weighted by atomic mass is 10.1. The van der Waals surface area contributed by atoms with Crippen molar-refractivity contribution in [2.45, 2.75) is 12.6 Å². The van der Waals surface area contributed by atoms with Crippen LogP contribution >= 0.6 is 15.9 Å². The third-order valence-electron chi connectivity index (χ3n) is 4.54. The van der Waals surface area contributed by atoms with Crippen LogP contribution in [0.5, 0.6) is 0 Å². The van der Waals surface area contributed by atoms with E-state index in [1.165, 1.54) is 11.1 Å². The van der Waals surface area contributed by atoms with Crippen molar-refractivity contribution < 1.29 is 4.74 Å². The van der Waals surface area contributed by atoms with Gasteiger partial charge in [0, 0.05) is 42.2 Å². The molecule has 0 aliphatic carbocycles. The molecule has 2 aromatic carbocycles. The Kier molecular flexibility index (Phi) is 4.97. The van der Waals surface area contributed by atoms with Crippen LogP contribution in [0, 0.1) is 0 Å². The minimum absolute atomic E-state index is 0.145. The van der Waals surface area contributed by atoms with Gasteiger partial charge in [-0.05, 0) is 35.4 Å². The van der Waals surface area contributed by atoms with Crippen molar-refractivity contribution in [3.8, 4) is 5.69 Å². The molecular formula is C20H20BrN3O. The Hall–Kier alpha value is -1.95. The van der Waals surface area contributed by atoms with Crippen LogP contribution in [0.4, 0.5) is 0 Å². The molecule has 1 aliphatic heterocycles. The second-order valence-electron chi connectivity index (χ2n) is 6.28. The molecule has 2 heterocycles. The van der Waals surface area contributed by atoms with Crippen LogP contribution in [0.3, 0.4) is 0 Å². The maximum Gasteiger partial charge on any atom is 0.0991 e. The maximum atomic E-state index is 5.97. The summed E-state index contributed by atoms with van der Waals surface area (Å²) < 4.78 is 9.09. The molecule has 0 amide bonds. The normalized spacial score (nSPS) is 18.4. The molecule has 1 unspecified atom stereocenters. The second kappa shape index (κ2) is 7.52. The zero-order chi connectivity index (χ0) is 17.1. The van der Waals surface area contributed by atoms with Gasteiger partial charge in [0.15, 0.2) is 0 Å². The number of rotatable bonds is 4. The smallest absolute Gasteiger partial charge is 0.0991 e. The summed E-state index contributed by atoms with van der Waals surface area (Å²) in [5.74, 6) is 0. The molecule has 0 radical (unpaired) electrons. The highest BCUT2D eigenvalue weighted by Gasteiger charge is 2.21. The van der Waals surface area contributed by atoms with Crippen molar-refractivity contribution in [3.63, 3.8) is 0 Å². The first-order valence-corrected chi connectivity index (χ1v) is 9.24. The molecule has 0 bridgehead atoms. The fourth-order valence-electron chi connectivity index (χ4n) is 3.17. The van der Waals surface area contributed by atoms with Crippen molar-refractivity contribution in [2.75, 3.05) is 19.7 Å². The summed E-state index contributed by atoms with van der Waals surface area (Å²) in [4.78, 5) is 6.56. The molecule has 3 aromatic rings. The zero-order valence-corrected chi connectivity index (χ0v) is 15.5. The summed E-state index contributed by atoms with van der Waals surface area (Å²) in [6.45, 7) is 3.61. The summed E-state index contributed by atoms with van der Waals surface area (Å²) in [6.07, 6.45) is 5.72. The van der Waals surface area contributed by atoms with Crippen LogP contribution in [-0.4, -0.2) is 34.1 Å². The maximum absolute atomic E-state index is 5.97. The average Bonchev–Trinajstić information content (AvgIpc) is 3.18. The van der Waals surface area contributed by atoms with Gasteiger partial charge >= 0.3 is 0 Å². The number of ether oxygens (including phenoxy) is 1. The first-order chi connectivity index (χ1) is 12.3. The number of hydrogen-bond donors (Lipinski definition) is 0. The van der Waals surface area contributed by atoms with E-state index in [0.717, 1.165) is 36.4 Å². The van der Waals surface area contributed by atoms with Gasteiger partial charge in [-0.1, -0.05) is 40.2 Å². The van der Waals surface area contributed by atoms with E-state index in [9.17, 15) is 0 Å². The summed E-state index contributed by atoms with van der Waals surface area (Å²) >= 11 is 3.49. The predicted octanol–water partition coefficient (Wildman–Crippen LogP) is 4.21. The number of nitrogens with zero attached hydrogens (tertiary/aromatic N) is 3. The lowest BCUT2D eigenvalue weighted by Crippen LogP contribution is -2.37. The Labute approximate surface area is 156 Å². The van der Waals surface area contributed by atoms with Gasteiger partial charge in [-0.2, -0.15) is 0 Å². The van der Waals surface area contributed by atoms with Gasteiger partial charge in [0.1, 0.15) is 0 Å². The fraction of sp³-hybridized carbons (Fsp3) is 0.250. The van der Waals surface area contributed by atoms with Crippen molar-refractivity contribution in [1.82, 2.24) is 14.5 Å². The summed E-state index contributed by atoms with van der Waals surface area (Å²) in [6, 6.07) is 17.1. The lowest BCUT2D eigenvalue weighted by molar-refractivity contribution is -0.0329. The fourth-order valence-corrected chi connectivity index (χ4v) is 3.43. The first-order valence-electron chi connectivity index (χ1n) is 8.44. The molecule has 25 heavy (non-hydrogen) atoms. The van der Waals surface area contributed by atoms with E-state index in [2.05, 4.69) is 74.3 Å². The number of imidazole rings is 1. The molecule has 0 saturated carbocycles. The van der Waals surface area contributed by atoms with E-state index in [4.69, 9.17) is 4.74 Å². The van der Waals surface area contributed by atoms with Crippen LogP contribution in [0.25, 0.3) is 5.69 Å². The predicted molar refractivity (Wildman–Crippen MR) is 102 cm³/mol. The van der Waals surface area contributed by atoms with E-state index >= 15 is 0 Å². The molecule has 0 spiro atoms. The number of hydrogen-bond acceptors (Lipinski definition) is 3. The van der Waals surface area contributed by atoms with E-state index in [1.54, 1.807) is 6.20 Å². The Morgan fingerprint density at radius 3 is 2.60 bits per heavy atom. The van der Waals surface area contributed by atoms with Gasteiger partial charge in [0.25, 0.3) is 0 Å². The summed E-state index contributed by atoms with van der Waals surface area (Å²) in [5, 5.41) is 0. The molecule has 4 nitrogen and oxygen atoms in total.